The van der Waals surface area contributed by atoms with Crippen LogP contribution in [0.4, 0.5) is 0 Å². The molecule has 2 rings (SSSR count). The van der Waals surface area contributed by atoms with Crippen LogP contribution >= 0.6 is 15.9 Å². The summed E-state index contributed by atoms with van der Waals surface area (Å²) in [5.74, 6) is 0.893. The van der Waals surface area contributed by atoms with Crippen LogP contribution in [0, 0.1) is 5.92 Å². The molecule has 1 atom stereocenters. The zero-order chi connectivity index (χ0) is 13.0. The number of pyridine rings is 1. The molecule has 0 aliphatic carbocycles. The smallest absolute Gasteiger partial charge is 0.255 e. The molecule has 1 fully saturated rings. The zero-order valence-corrected chi connectivity index (χ0v) is 12.3. The lowest BCUT2D eigenvalue weighted by atomic mass is 9.98. The average molecular weight is 311 g/mol. The van der Waals surface area contributed by atoms with Gasteiger partial charge in [-0.3, -0.25) is 9.78 Å². The van der Waals surface area contributed by atoms with Crippen molar-refractivity contribution in [2.75, 3.05) is 13.1 Å². The molecule has 98 valence electrons. The van der Waals surface area contributed by atoms with Gasteiger partial charge in [-0.05, 0) is 47.2 Å². The number of hydrogen-bond acceptors (Lipinski definition) is 2. The van der Waals surface area contributed by atoms with Crippen molar-refractivity contribution in [2.24, 2.45) is 5.92 Å². The zero-order valence-electron chi connectivity index (χ0n) is 10.7. The van der Waals surface area contributed by atoms with Gasteiger partial charge in [0.2, 0.25) is 0 Å². The Morgan fingerprint density at radius 1 is 1.44 bits per heavy atom. The molecule has 0 bridgehead atoms. The predicted octanol–water partition coefficient (Wildman–Crippen LogP) is 3.50. The Morgan fingerprint density at radius 2 is 2.28 bits per heavy atom. The molecule has 18 heavy (non-hydrogen) atoms. The minimum atomic E-state index is 0.112. The summed E-state index contributed by atoms with van der Waals surface area (Å²) in [5.41, 5.74) is 0.680. The van der Waals surface area contributed by atoms with Gasteiger partial charge in [-0.15, -0.1) is 0 Å². The summed E-state index contributed by atoms with van der Waals surface area (Å²) in [7, 11) is 0. The van der Waals surface area contributed by atoms with Crippen molar-refractivity contribution in [1.82, 2.24) is 9.88 Å². The van der Waals surface area contributed by atoms with Crippen LogP contribution in [0.3, 0.4) is 0 Å². The van der Waals surface area contributed by atoms with Gasteiger partial charge in [-0.2, -0.15) is 0 Å². The van der Waals surface area contributed by atoms with Crippen molar-refractivity contribution < 1.29 is 4.79 Å². The minimum Gasteiger partial charge on any atom is -0.339 e. The normalized spacial score (nSPS) is 20.6. The molecule has 1 unspecified atom stereocenters. The van der Waals surface area contributed by atoms with Crippen molar-refractivity contribution in [2.45, 2.75) is 32.6 Å². The lowest BCUT2D eigenvalue weighted by Crippen LogP contribution is -2.32. The average Bonchev–Trinajstić information content (AvgIpc) is 2.63. The summed E-state index contributed by atoms with van der Waals surface area (Å²) < 4.78 is 0.856. The fourth-order valence-electron chi connectivity index (χ4n) is 2.49. The predicted molar refractivity (Wildman–Crippen MR) is 75.5 cm³/mol. The van der Waals surface area contributed by atoms with Crippen LogP contribution in [-0.4, -0.2) is 28.9 Å². The highest BCUT2D eigenvalue weighted by molar-refractivity contribution is 9.10. The van der Waals surface area contributed by atoms with E-state index in [1.807, 2.05) is 11.0 Å². The van der Waals surface area contributed by atoms with Crippen LogP contribution in [0.5, 0.6) is 0 Å². The van der Waals surface area contributed by atoms with E-state index in [1.165, 1.54) is 12.8 Å². The number of nitrogens with zero attached hydrogens (tertiary/aromatic N) is 2. The Bertz CT molecular complexity index is 422. The van der Waals surface area contributed by atoms with Gasteiger partial charge in [-0.1, -0.05) is 13.3 Å². The Hall–Kier alpha value is -0.900. The Kier molecular flexibility index (Phi) is 4.75. The highest BCUT2D eigenvalue weighted by Crippen LogP contribution is 2.21. The van der Waals surface area contributed by atoms with Crippen molar-refractivity contribution in [1.29, 1.82) is 0 Å². The second kappa shape index (κ2) is 6.32. The fraction of sp³-hybridized carbons (Fsp3) is 0.571. The standard InChI is InChI=1S/C14H19BrN2O/c1-2-11-4-3-6-17(7-5-11)14(18)12-8-13(15)10-16-9-12/h8-11H,2-7H2,1H3. The maximum Gasteiger partial charge on any atom is 0.255 e. The van der Waals surface area contributed by atoms with Gasteiger partial charge < -0.3 is 4.90 Å². The molecule has 1 saturated heterocycles. The molecule has 4 heteroatoms. The lowest BCUT2D eigenvalue weighted by Gasteiger charge is -2.20. The third-order valence-corrected chi connectivity index (χ3v) is 4.10. The van der Waals surface area contributed by atoms with Gasteiger partial charge >= 0.3 is 0 Å². The van der Waals surface area contributed by atoms with Crippen LogP contribution < -0.4 is 0 Å². The number of aromatic nitrogens is 1. The van der Waals surface area contributed by atoms with E-state index >= 15 is 0 Å². The van der Waals surface area contributed by atoms with E-state index in [2.05, 4.69) is 27.8 Å². The number of hydrogen-bond donors (Lipinski definition) is 0. The van der Waals surface area contributed by atoms with Crippen molar-refractivity contribution in [3.05, 3.63) is 28.5 Å². The lowest BCUT2D eigenvalue weighted by molar-refractivity contribution is 0.0759. The Labute approximate surface area is 117 Å². The summed E-state index contributed by atoms with van der Waals surface area (Å²) in [5, 5.41) is 0. The Morgan fingerprint density at radius 3 is 3.00 bits per heavy atom. The maximum absolute atomic E-state index is 12.4. The molecule has 0 aromatic carbocycles. The topological polar surface area (TPSA) is 33.2 Å². The number of halogens is 1. The van der Waals surface area contributed by atoms with Gasteiger partial charge in [0.05, 0.1) is 5.56 Å². The van der Waals surface area contributed by atoms with E-state index in [-0.39, 0.29) is 5.91 Å². The summed E-state index contributed by atoms with van der Waals surface area (Å²) in [6, 6.07) is 1.84. The van der Waals surface area contributed by atoms with Gasteiger partial charge in [0, 0.05) is 30.0 Å². The van der Waals surface area contributed by atoms with Crippen molar-refractivity contribution >= 4 is 21.8 Å². The van der Waals surface area contributed by atoms with E-state index in [4.69, 9.17) is 0 Å². The van der Waals surface area contributed by atoms with Gasteiger partial charge in [0.1, 0.15) is 0 Å². The highest BCUT2D eigenvalue weighted by Gasteiger charge is 2.20. The third-order valence-electron chi connectivity index (χ3n) is 3.66. The van der Waals surface area contributed by atoms with Crippen LogP contribution in [0.2, 0.25) is 0 Å². The second-order valence-electron chi connectivity index (χ2n) is 4.89. The quantitative estimate of drug-likeness (QED) is 0.837. The minimum absolute atomic E-state index is 0.112. The summed E-state index contributed by atoms with van der Waals surface area (Å²) in [6.45, 7) is 3.99. The third kappa shape index (κ3) is 3.31. The number of rotatable bonds is 2. The number of likely N-dealkylation sites (tertiary alicyclic amines) is 1. The van der Waals surface area contributed by atoms with E-state index in [9.17, 15) is 4.79 Å². The summed E-state index contributed by atoms with van der Waals surface area (Å²) in [4.78, 5) is 18.4. The molecular weight excluding hydrogens is 292 g/mol. The van der Waals surface area contributed by atoms with E-state index in [0.717, 1.165) is 36.3 Å². The monoisotopic (exact) mass is 310 g/mol. The van der Waals surface area contributed by atoms with Crippen molar-refractivity contribution in [3.63, 3.8) is 0 Å². The first kappa shape index (κ1) is 13.5. The van der Waals surface area contributed by atoms with Crippen LogP contribution in [0.25, 0.3) is 0 Å². The molecule has 0 saturated carbocycles. The first-order valence-electron chi connectivity index (χ1n) is 6.60. The van der Waals surface area contributed by atoms with Crippen LogP contribution in [0.1, 0.15) is 43.0 Å². The maximum atomic E-state index is 12.4. The molecule has 0 spiro atoms. The van der Waals surface area contributed by atoms with E-state index in [1.54, 1.807) is 12.4 Å². The number of carbonyl (C=O) groups excluding carboxylic acids is 1. The fourth-order valence-corrected chi connectivity index (χ4v) is 2.85. The second-order valence-corrected chi connectivity index (χ2v) is 5.80. The SMILES string of the molecule is CCC1CCCN(C(=O)c2cncc(Br)c2)CC1. The molecule has 3 nitrogen and oxygen atoms in total. The molecular formula is C14H19BrN2O. The Balaban J connectivity index is 2.05. The molecule has 1 aliphatic rings. The molecule has 1 amide bonds. The summed E-state index contributed by atoms with van der Waals surface area (Å²) >= 11 is 3.36. The van der Waals surface area contributed by atoms with E-state index in [0.29, 0.717) is 5.56 Å². The van der Waals surface area contributed by atoms with Crippen LogP contribution in [0.15, 0.2) is 22.9 Å². The number of amides is 1. The van der Waals surface area contributed by atoms with Crippen LogP contribution in [-0.2, 0) is 0 Å². The van der Waals surface area contributed by atoms with Crippen molar-refractivity contribution in [3.8, 4) is 0 Å². The first-order chi connectivity index (χ1) is 8.70. The molecule has 1 aromatic heterocycles. The van der Waals surface area contributed by atoms with Gasteiger partial charge in [0.25, 0.3) is 5.91 Å². The molecule has 1 aliphatic heterocycles. The largest absolute Gasteiger partial charge is 0.339 e. The first-order valence-corrected chi connectivity index (χ1v) is 7.40. The molecule has 0 N–H and O–H groups in total. The molecule has 0 radical (unpaired) electrons. The molecule has 1 aromatic rings. The highest BCUT2D eigenvalue weighted by atomic mass is 79.9. The van der Waals surface area contributed by atoms with Gasteiger partial charge in [0.15, 0.2) is 0 Å². The summed E-state index contributed by atoms with van der Waals surface area (Å²) in [6.07, 6.45) is 8.06. The molecule has 2 heterocycles. The van der Waals surface area contributed by atoms with Gasteiger partial charge in [-0.25, -0.2) is 0 Å². The van der Waals surface area contributed by atoms with E-state index < -0.39 is 0 Å². The number of carbonyl (C=O) groups is 1.